The van der Waals surface area contributed by atoms with Gasteiger partial charge in [0, 0.05) is 17.2 Å². The predicted molar refractivity (Wildman–Crippen MR) is 95.3 cm³/mol. The van der Waals surface area contributed by atoms with E-state index in [0.717, 1.165) is 12.1 Å². The third kappa shape index (κ3) is 5.22. The van der Waals surface area contributed by atoms with Crippen molar-refractivity contribution in [3.8, 4) is 0 Å². The number of carbonyl (C=O) groups is 1. The van der Waals surface area contributed by atoms with Gasteiger partial charge in [-0.2, -0.15) is 0 Å². The van der Waals surface area contributed by atoms with Crippen LogP contribution >= 0.6 is 0 Å². The molecule has 0 aliphatic carbocycles. The molecule has 23 heavy (non-hydrogen) atoms. The number of nitrogens with one attached hydrogen (secondary N) is 1. The summed E-state index contributed by atoms with van der Waals surface area (Å²) in [6.07, 6.45) is 1.01. The Balaban J connectivity index is 1.91. The summed E-state index contributed by atoms with van der Waals surface area (Å²) in [6.45, 7) is 6.93. The number of hydrogen-bond acceptors (Lipinski definition) is 1. The zero-order valence-electron chi connectivity index (χ0n) is 14.3. The maximum absolute atomic E-state index is 12.2. The minimum atomic E-state index is 0.0378. The molecule has 0 heterocycles. The number of anilines is 1. The van der Waals surface area contributed by atoms with E-state index in [0.29, 0.717) is 18.5 Å². The lowest BCUT2D eigenvalue weighted by molar-refractivity contribution is -0.692. The number of benzene rings is 2. The molecular formula is C20H27N2O+. The van der Waals surface area contributed by atoms with Gasteiger partial charge in [-0.05, 0) is 24.1 Å². The van der Waals surface area contributed by atoms with E-state index >= 15 is 0 Å². The van der Waals surface area contributed by atoms with E-state index < -0.39 is 0 Å². The fraction of sp³-hybridized carbons (Fsp3) is 0.350. The average molecular weight is 311 g/mol. The second kappa shape index (κ2) is 8.49. The fourth-order valence-corrected chi connectivity index (χ4v) is 2.74. The number of carbonyl (C=O) groups excluding carboxylic acids is 1. The van der Waals surface area contributed by atoms with Gasteiger partial charge < -0.3 is 10.6 Å². The first-order valence-electron chi connectivity index (χ1n) is 8.37. The number of quaternary nitrogens is 1. The molecule has 0 aliphatic rings. The highest BCUT2D eigenvalue weighted by Gasteiger charge is 2.20. The van der Waals surface area contributed by atoms with Crippen molar-refractivity contribution >= 4 is 11.6 Å². The summed E-state index contributed by atoms with van der Waals surface area (Å²) < 4.78 is 0. The largest absolute Gasteiger partial charge is 0.332 e. The summed E-state index contributed by atoms with van der Waals surface area (Å²) in [5.74, 6) is 0.505. The van der Waals surface area contributed by atoms with E-state index in [2.05, 4.69) is 55.7 Å². The van der Waals surface area contributed by atoms with Crippen molar-refractivity contribution in [3.63, 3.8) is 0 Å². The molecule has 0 aromatic heterocycles. The van der Waals surface area contributed by atoms with Crippen LogP contribution < -0.4 is 10.6 Å². The van der Waals surface area contributed by atoms with Gasteiger partial charge in [0.1, 0.15) is 6.04 Å². The Hall–Kier alpha value is -2.13. The standard InChI is InChI=1S/C20H26N2O/c1-4-16-10-12-18(13-11-16)22-19(23)14-21-20(15(2)3)17-8-6-5-7-9-17/h5-13,15,20-21H,4,14H2,1-3H3,(H,22,23)/p+1/t20-/m0/s1. The molecular weight excluding hydrogens is 284 g/mol. The van der Waals surface area contributed by atoms with Crippen LogP contribution in [0.3, 0.4) is 0 Å². The first kappa shape index (κ1) is 17.2. The van der Waals surface area contributed by atoms with Crippen molar-refractivity contribution in [1.29, 1.82) is 0 Å². The summed E-state index contributed by atoms with van der Waals surface area (Å²) in [5, 5.41) is 5.09. The van der Waals surface area contributed by atoms with Gasteiger partial charge in [-0.25, -0.2) is 0 Å². The highest BCUT2D eigenvalue weighted by molar-refractivity contribution is 5.91. The van der Waals surface area contributed by atoms with Crippen LogP contribution in [0.2, 0.25) is 0 Å². The van der Waals surface area contributed by atoms with Gasteiger partial charge in [-0.15, -0.1) is 0 Å². The van der Waals surface area contributed by atoms with Crippen LogP contribution in [0.1, 0.15) is 37.9 Å². The molecule has 0 radical (unpaired) electrons. The van der Waals surface area contributed by atoms with Gasteiger partial charge in [0.25, 0.3) is 5.91 Å². The number of aryl methyl sites for hydroxylation is 1. The molecule has 2 rings (SSSR count). The van der Waals surface area contributed by atoms with Crippen LogP contribution in [0.15, 0.2) is 54.6 Å². The average Bonchev–Trinajstić information content (AvgIpc) is 2.56. The van der Waals surface area contributed by atoms with Crippen molar-refractivity contribution in [2.24, 2.45) is 5.92 Å². The lowest BCUT2D eigenvalue weighted by atomic mass is 9.96. The fourth-order valence-electron chi connectivity index (χ4n) is 2.74. The predicted octanol–water partition coefficient (Wildman–Crippen LogP) is 3.15. The zero-order chi connectivity index (χ0) is 16.7. The molecule has 2 aromatic carbocycles. The van der Waals surface area contributed by atoms with Crippen LogP contribution in [0, 0.1) is 5.92 Å². The SMILES string of the molecule is CCc1ccc(NC(=O)C[NH2+][C@H](c2ccccc2)C(C)C)cc1. The second-order valence-corrected chi connectivity index (χ2v) is 6.22. The summed E-state index contributed by atoms with van der Waals surface area (Å²) in [6, 6.07) is 18.7. The van der Waals surface area contributed by atoms with Gasteiger partial charge in [0.15, 0.2) is 6.54 Å². The molecule has 3 heteroatoms. The highest BCUT2D eigenvalue weighted by Crippen LogP contribution is 2.16. The first-order chi connectivity index (χ1) is 11.1. The maximum atomic E-state index is 12.2. The third-order valence-electron chi connectivity index (χ3n) is 4.11. The van der Waals surface area contributed by atoms with E-state index in [4.69, 9.17) is 0 Å². The van der Waals surface area contributed by atoms with Crippen molar-refractivity contribution < 1.29 is 10.1 Å². The topological polar surface area (TPSA) is 45.7 Å². The second-order valence-electron chi connectivity index (χ2n) is 6.22. The van der Waals surface area contributed by atoms with Crippen LogP contribution in [-0.4, -0.2) is 12.5 Å². The van der Waals surface area contributed by atoms with Crippen molar-refractivity contribution in [1.82, 2.24) is 0 Å². The quantitative estimate of drug-likeness (QED) is 0.810. The van der Waals surface area contributed by atoms with Crippen LogP contribution in [0.4, 0.5) is 5.69 Å². The highest BCUT2D eigenvalue weighted by atomic mass is 16.1. The Labute approximate surface area is 139 Å². The molecule has 2 aromatic rings. The minimum absolute atomic E-state index is 0.0378. The molecule has 1 amide bonds. The van der Waals surface area contributed by atoms with Gasteiger partial charge >= 0.3 is 0 Å². The van der Waals surface area contributed by atoms with Crippen LogP contribution in [0.25, 0.3) is 0 Å². The molecule has 0 spiro atoms. The summed E-state index contributed by atoms with van der Waals surface area (Å²) in [7, 11) is 0. The van der Waals surface area contributed by atoms with Gasteiger partial charge in [-0.3, -0.25) is 4.79 Å². The van der Waals surface area contributed by atoms with Crippen LogP contribution in [-0.2, 0) is 11.2 Å². The number of amides is 1. The Morgan fingerprint density at radius 3 is 2.26 bits per heavy atom. The smallest absolute Gasteiger partial charge is 0.279 e. The summed E-state index contributed by atoms with van der Waals surface area (Å²) in [5.41, 5.74) is 3.41. The minimum Gasteiger partial charge on any atom is -0.332 e. The van der Waals surface area contributed by atoms with E-state index in [9.17, 15) is 4.79 Å². The van der Waals surface area contributed by atoms with Crippen molar-refractivity contribution in [3.05, 3.63) is 65.7 Å². The number of nitrogens with two attached hydrogens (primary N) is 1. The molecule has 3 N–H and O–H groups in total. The lowest BCUT2D eigenvalue weighted by Gasteiger charge is -2.19. The van der Waals surface area contributed by atoms with Crippen molar-refractivity contribution in [2.45, 2.75) is 33.2 Å². The van der Waals surface area contributed by atoms with Crippen molar-refractivity contribution in [2.75, 3.05) is 11.9 Å². The Morgan fingerprint density at radius 1 is 1.04 bits per heavy atom. The third-order valence-corrected chi connectivity index (χ3v) is 4.11. The van der Waals surface area contributed by atoms with Gasteiger partial charge in [0.2, 0.25) is 0 Å². The Morgan fingerprint density at radius 2 is 1.70 bits per heavy atom. The lowest BCUT2D eigenvalue weighted by Crippen LogP contribution is -2.88. The van der Waals surface area contributed by atoms with E-state index in [1.165, 1.54) is 11.1 Å². The Kier molecular flexibility index (Phi) is 6.36. The maximum Gasteiger partial charge on any atom is 0.279 e. The Bertz CT molecular complexity index is 605. The molecule has 3 nitrogen and oxygen atoms in total. The zero-order valence-corrected chi connectivity index (χ0v) is 14.3. The summed E-state index contributed by atoms with van der Waals surface area (Å²) in [4.78, 5) is 12.2. The molecule has 0 saturated carbocycles. The van der Waals surface area contributed by atoms with E-state index in [-0.39, 0.29) is 5.91 Å². The van der Waals surface area contributed by atoms with Gasteiger partial charge in [-0.1, -0.05) is 63.2 Å². The first-order valence-corrected chi connectivity index (χ1v) is 8.37. The van der Waals surface area contributed by atoms with Crippen LogP contribution in [0.5, 0.6) is 0 Å². The molecule has 1 atom stereocenters. The molecule has 0 aliphatic heterocycles. The summed E-state index contributed by atoms with van der Waals surface area (Å²) >= 11 is 0. The molecule has 0 saturated heterocycles. The molecule has 0 fully saturated rings. The van der Waals surface area contributed by atoms with Gasteiger partial charge in [0.05, 0.1) is 0 Å². The monoisotopic (exact) mass is 311 g/mol. The molecule has 122 valence electrons. The number of rotatable bonds is 7. The molecule has 0 bridgehead atoms. The number of hydrogen-bond donors (Lipinski definition) is 2. The van der Waals surface area contributed by atoms with E-state index in [1.54, 1.807) is 0 Å². The van der Waals surface area contributed by atoms with E-state index in [1.807, 2.05) is 30.3 Å². The normalized spacial score (nSPS) is 12.2. The molecule has 0 unspecified atom stereocenters.